The van der Waals surface area contributed by atoms with Gasteiger partial charge in [-0.15, -0.1) is 0 Å². The van der Waals surface area contributed by atoms with Gasteiger partial charge in [-0.3, -0.25) is 4.57 Å². The molecule has 0 N–H and O–H groups in total. The van der Waals surface area contributed by atoms with E-state index in [1.54, 1.807) is 0 Å². The molecule has 0 fully saturated rings. The van der Waals surface area contributed by atoms with Gasteiger partial charge < -0.3 is 4.42 Å². The van der Waals surface area contributed by atoms with Crippen LogP contribution in [0.5, 0.6) is 0 Å². The number of hydrogen-bond donors (Lipinski definition) is 0. The normalized spacial score (nSPS) is 12.2. The summed E-state index contributed by atoms with van der Waals surface area (Å²) >= 11 is 0. The highest BCUT2D eigenvalue weighted by Crippen LogP contribution is 2.41. The van der Waals surface area contributed by atoms with Gasteiger partial charge in [-0.05, 0) is 71.0 Å². The molecular formula is C36H32N2O. The van der Waals surface area contributed by atoms with Crippen molar-refractivity contribution < 1.29 is 4.42 Å². The molecule has 0 amide bonds. The van der Waals surface area contributed by atoms with E-state index in [9.17, 15) is 0 Å². The predicted octanol–water partition coefficient (Wildman–Crippen LogP) is 10.3. The van der Waals surface area contributed by atoms with E-state index in [2.05, 4.69) is 130 Å². The molecule has 0 saturated carbocycles. The number of aromatic nitrogens is 2. The lowest BCUT2D eigenvalue weighted by atomic mass is 9.92. The van der Waals surface area contributed by atoms with Gasteiger partial charge in [-0.2, -0.15) is 0 Å². The van der Waals surface area contributed by atoms with Crippen LogP contribution >= 0.6 is 0 Å². The van der Waals surface area contributed by atoms with Gasteiger partial charge in [0.1, 0.15) is 17.0 Å². The van der Waals surface area contributed by atoms with Crippen molar-refractivity contribution >= 4 is 43.7 Å². The highest BCUT2D eigenvalue weighted by atomic mass is 16.3. The van der Waals surface area contributed by atoms with E-state index in [4.69, 9.17) is 9.40 Å². The zero-order valence-corrected chi connectivity index (χ0v) is 23.1. The highest BCUT2D eigenvalue weighted by molar-refractivity contribution is 6.11. The van der Waals surface area contributed by atoms with Crippen LogP contribution in [0.2, 0.25) is 0 Å². The number of rotatable bonds is 4. The zero-order valence-electron chi connectivity index (χ0n) is 23.1. The number of nitrogens with zero attached hydrogens (tertiary/aromatic N) is 2. The third-order valence-electron chi connectivity index (χ3n) is 8.12. The molecule has 0 unspecified atom stereocenters. The lowest BCUT2D eigenvalue weighted by molar-refractivity contribution is 0.666. The maximum absolute atomic E-state index is 6.56. The summed E-state index contributed by atoms with van der Waals surface area (Å²) in [6, 6.07) is 32.5. The lowest BCUT2D eigenvalue weighted by Crippen LogP contribution is -2.08. The van der Waals surface area contributed by atoms with Crippen LogP contribution in [0.25, 0.3) is 60.8 Å². The van der Waals surface area contributed by atoms with E-state index in [-0.39, 0.29) is 0 Å². The second kappa shape index (κ2) is 8.84. The van der Waals surface area contributed by atoms with Crippen LogP contribution in [-0.2, 0) is 0 Å². The van der Waals surface area contributed by atoms with E-state index in [0.29, 0.717) is 11.8 Å². The summed E-state index contributed by atoms with van der Waals surface area (Å²) in [6.07, 6.45) is 0. The first-order valence-electron chi connectivity index (χ1n) is 13.9. The molecule has 0 spiro atoms. The number of para-hydroxylation sites is 3. The summed E-state index contributed by atoms with van der Waals surface area (Å²) in [5, 5.41) is 4.71. The Hall–Kier alpha value is -4.37. The number of hydrogen-bond acceptors (Lipinski definition) is 2. The van der Waals surface area contributed by atoms with Crippen molar-refractivity contribution in [2.24, 2.45) is 0 Å². The van der Waals surface area contributed by atoms with Crippen LogP contribution < -0.4 is 0 Å². The second-order valence-corrected chi connectivity index (χ2v) is 11.3. The maximum Gasteiger partial charge on any atom is 0.146 e. The van der Waals surface area contributed by atoms with E-state index < -0.39 is 0 Å². The molecule has 7 aromatic rings. The van der Waals surface area contributed by atoms with Crippen LogP contribution in [0.15, 0.2) is 95.4 Å². The highest BCUT2D eigenvalue weighted by Gasteiger charge is 2.24. The van der Waals surface area contributed by atoms with Crippen molar-refractivity contribution in [1.82, 2.24) is 9.55 Å². The largest absolute Gasteiger partial charge is 0.456 e. The monoisotopic (exact) mass is 508 g/mol. The second-order valence-electron chi connectivity index (χ2n) is 11.3. The molecule has 0 radical (unpaired) electrons. The van der Waals surface area contributed by atoms with Crippen molar-refractivity contribution in [3.63, 3.8) is 0 Å². The Morgan fingerprint density at radius 1 is 0.692 bits per heavy atom. The Balaban J connectivity index is 1.56. The molecule has 2 aromatic heterocycles. The molecule has 0 aliphatic rings. The van der Waals surface area contributed by atoms with Crippen LogP contribution in [-0.4, -0.2) is 9.55 Å². The molecule has 3 heteroatoms. The minimum Gasteiger partial charge on any atom is -0.456 e. The number of benzene rings is 5. The number of aryl methyl sites for hydroxylation is 1. The Morgan fingerprint density at radius 3 is 2.08 bits per heavy atom. The maximum atomic E-state index is 6.56. The lowest BCUT2D eigenvalue weighted by Gasteiger charge is -2.23. The molecule has 0 saturated heterocycles. The van der Waals surface area contributed by atoms with Gasteiger partial charge in [-0.25, -0.2) is 4.98 Å². The summed E-state index contributed by atoms with van der Waals surface area (Å²) in [7, 11) is 0. The molecule has 7 rings (SSSR count). The minimum atomic E-state index is 0.376. The van der Waals surface area contributed by atoms with Gasteiger partial charge in [0.25, 0.3) is 0 Å². The van der Waals surface area contributed by atoms with Crippen molar-refractivity contribution in [1.29, 1.82) is 0 Å². The zero-order chi connectivity index (χ0) is 26.8. The number of imidazole rings is 1. The first-order chi connectivity index (χ1) is 18.9. The third-order valence-corrected chi connectivity index (χ3v) is 8.12. The van der Waals surface area contributed by atoms with Crippen LogP contribution in [0.4, 0.5) is 0 Å². The Morgan fingerprint density at radius 2 is 1.36 bits per heavy atom. The summed E-state index contributed by atoms with van der Waals surface area (Å²) in [5.74, 6) is 1.71. The molecule has 0 aliphatic carbocycles. The average Bonchev–Trinajstić information content (AvgIpc) is 3.50. The fourth-order valence-electron chi connectivity index (χ4n) is 6.10. The van der Waals surface area contributed by atoms with Gasteiger partial charge in [0.2, 0.25) is 0 Å². The minimum absolute atomic E-state index is 0.376. The van der Waals surface area contributed by atoms with Gasteiger partial charge in [-0.1, -0.05) is 88.4 Å². The third kappa shape index (κ3) is 3.60. The molecule has 2 heterocycles. The van der Waals surface area contributed by atoms with Gasteiger partial charge in [0.15, 0.2) is 0 Å². The summed E-state index contributed by atoms with van der Waals surface area (Å²) in [5.41, 5.74) is 10.1. The summed E-state index contributed by atoms with van der Waals surface area (Å²) in [4.78, 5) is 5.25. The molecular weight excluding hydrogens is 476 g/mol. The van der Waals surface area contributed by atoms with E-state index in [1.807, 2.05) is 0 Å². The Kier molecular flexibility index (Phi) is 5.38. The first-order valence-corrected chi connectivity index (χ1v) is 13.9. The summed E-state index contributed by atoms with van der Waals surface area (Å²) in [6.45, 7) is 11.3. The van der Waals surface area contributed by atoms with Gasteiger partial charge in [0.05, 0.1) is 16.7 Å². The van der Waals surface area contributed by atoms with E-state index in [1.165, 1.54) is 27.6 Å². The van der Waals surface area contributed by atoms with Crippen molar-refractivity contribution in [3.8, 4) is 17.1 Å². The molecule has 5 aromatic carbocycles. The molecule has 192 valence electrons. The van der Waals surface area contributed by atoms with Gasteiger partial charge in [0, 0.05) is 21.9 Å². The fraction of sp³-hybridized carbons (Fsp3) is 0.194. The number of furan rings is 1. The average molecular weight is 509 g/mol. The van der Waals surface area contributed by atoms with E-state index >= 15 is 0 Å². The van der Waals surface area contributed by atoms with Crippen molar-refractivity contribution in [2.75, 3.05) is 0 Å². The topological polar surface area (TPSA) is 31.0 Å². The molecule has 0 aliphatic heterocycles. The Bertz CT molecular complexity index is 2010. The van der Waals surface area contributed by atoms with Crippen molar-refractivity contribution in [2.45, 2.75) is 46.5 Å². The quantitative estimate of drug-likeness (QED) is 0.237. The summed E-state index contributed by atoms with van der Waals surface area (Å²) < 4.78 is 8.95. The molecule has 3 nitrogen and oxygen atoms in total. The van der Waals surface area contributed by atoms with Crippen molar-refractivity contribution in [3.05, 3.63) is 108 Å². The standard InChI is InChI=1S/C36H32N2O/c1-21(2)26-13-10-14-27(22(3)4)34(26)38-32-16-9-8-15-31(32)37-36(38)28-17-18-29-30-19-24-11-6-7-12-25(24)20-33(30)39-35(29)23(28)5/h6-22H,1-5H3. The fourth-order valence-corrected chi connectivity index (χ4v) is 6.10. The smallest absolute Gasteiger partial charge is 0.146 e. The van der Waals surface area contributed by atoms with Crippen LogP contribution in [0, 0.1) is 6.92 Å². The number of fused-ring (bicyclic) bond motifs is 5. The molecule has 0 bridgehead atoms. The van der Waals surface area contributed by atoms with Crippen LogP contribution in [0.1, 0.15) is 56.2 Å². The predicted molar refractivity (Wildman–Crippen MR) is 164 cm³/mol. The van der Waals surface area contributed by atoms with Gasteiger partial charge >= 0.3 is 0 Å². The molecule has 0 atom stereocenters. The molecule has 39 heavy (non-hydrogen) atoms. The SMILES string of the molecule is Cc1c(-c2nc3ccccc3n2-c2c(C(C)C)cccc2C(C)C)ccc2c1oc1cc3ccccc3cc12. The first kappa shape index (κ1) is 23.7. The van der Waals surface area contributed by atoms with E-state index in [0.717, 1.165) is 49.9 Å². The Labute approximate surface area is 228 Å². The van der Waals surface area contributed by atoms with Crippen LogP contribution in [0.3, 0.4) is 0 Å².